The van der Waals surface area contributed by atoms with Gasteiger partial charge in [-0.3, -0.25) is 9.59 Å². The van der Waals surface area contributed by atoms with E-state index in [9.17, 15) is 30.0 Å². The first-order valence-electron chi connectivity index (χ1n) is 22.5. The number of hydrogen-bond donors (Lipinski definition) is 4. The number of esters is 2. The van der Waals surface area contributed by atoms with Crippen LogP contribution in [0.4, 0.5) is 0 Å². The molecule has 1 aliphatic rings. The standard InChI is InChI=1S/C50H78O10/c1-3-5-7-9-11-13-15-17-18-19-20-21-22-23-24-25-27-28-30-32-34-36-38-45(52)57-41-43(42-58-50-49(56)48(55)47(54)44(40-51)60-50)59-46(53)39-37-35-33-31-29-26-16-14-12-10-8-6-4-2/h5-8,10-14,16-18,20-21,23-24,27-28,43-44,47-51,54-56H,3-4,9,15,19,22,25-26,29-42H2,1-2H3/b7-5+,8-6+,12-10+,13-11+,16-14+,18-17+,21-20+,24-23+,28-27+/t43?,44-,47+,48?,49?,50-/m0/s1. The number of ether oxygens (including phenoxy) is 4. The van der Waals surface area contributed by atoms with Gasteiger partial charge in [0.2, 0.25) is 0 Å². The summed E-state index contributed by atoms with van der Waals surface area (Å²) in [6.07, 6.45) is 46.7. The molecule has 0 bridgehead atoms. The SMILES string of the molecule is CC/C=C/C=C/C=C/CCCCCCCC(=O)OC(COC(=O)CCCCC/C=C/C/C=C/C/C=C/C/C=C/C/C=C/C/C=C/CC)CO[C@H]1O[C@@H](CO)[C@@H](O)C(O)C1O. The van der Waals surface area contributed by atoms with Crippen molar-refractivity contribution in [1.82, 2.24) is 0 Å². The Morgan fingerprint density at radius 3 is 1.60 bits per heavy atom. The van der Waals surface area contributed by atoms with Crippen molar-refractivity contribution < 1.29 is 49.0 Å². The Bertz CT molecular complexity index is 1340. The molecule has 0 aliphatic carbocycles. The molecule has 0 spiro atoms. The normalized spacial score (nSPS) is 20.9. The first-order valence-corrected chi connectivity index (χ1v) is 22.5. The van der Waals surface area contributed by atoms with Crippen LogP contribution >= 0.6 is 0 Å². The molecule has 6 atom stereocenters. The second-order valence-corrected chi connectivity index (χ2v) is 14.8. The van der Waals surface area contributed by atoms with Crippen LogP contribution in [-0.2, 0) is 28.5 Å². The van der Waals surface area contributed by atoms with Crippen molar-refractivity contribution in [3.05, 3.63) is 109 Å². The predicted molar refractivity (Wildman–Crippen MR) is 242 cm³/mol. The maximum absolute atomic E-state index is 12.7. The van der Waals surface area contributed by atoms with Crippen LogP contribution in [0, 0.1) is 0 Å². The van der Waals surface area contributed by atoms with Crippen LogP contribution in [0.1, 0.15) is 136 Å². The molecule has 1 fully saturated rings. The van der Waals surface area contributed by atoms with E-state index in [4.69, 9.17) is 18.9 Å². The van der Waals surface area contributed by atoms with Crippen molar-refractivity contribution in [2.45, 2.75) is 173 Å². The topological polar surface area (TPSA) is 152 Å². The van der Waals surface area contributed by atoms with Crippen molar-refractivity contribution in [1.29, 1.82) is 0 Å². The number of aliphatic hydroxyl groups excluding tert-OH is 4. The highest BCUT2D eigenvalue weighted by molar-refractivity contribution is 5.70. The quantitative estimate of drug-likeness (QED) is 0.0210. The molecule has 1 saturated heterocycles. The molecule has 10 heteroatoms. The summed E-state index contributed by atoms with van der Waals surface area (Å²) in [5.74, 6) is -0.883. The van der Waals surface area contributed by atoms with Crippen LogP contribution in [0.2, 0.25) is 0 Å². The van der Waals surface area contributed by atoms with Gasteiger partial charge in [0.15, 0.2) is 12.4 Å². The number of hydrogen-bond acceptors (Lipinski definition) is 10. The maximum Gasteiger partial charge on any atom is 0.306 e. The molecule has 0 amide bonds. The van der Waals surface area contributed by atoms with Gasteiger partial charge < -0.3 is 39.4 Å². The lowest BCUT2D eigenvalue weighted by Gasteiger charge is -2.39. The van der Waals surface area contributed by atoms with E-state index in [1.165, 1.54) is 0 Å². The molecule has 1 aliphatic heterocycles. The van der Waals surface area contributed by atoms with Crippen LogP contribution in [0.5, 0.6) is 0 Å². The van der Waals surface area contributed by atoms with Gasteiger partial charge in [0, 0.05) is 12.8 Å². The molecule has 338 valence electrons. The lowest BCUT2D eigenvalue weighted by molar-refractivity contribution is -0.305. The monoisotopic (exact) mass is 839 g/mol. The number of rotatable bonds is 35. The zero-order valence-corrected chi connectivity index (χ0v) is 36.7. The highest BCUT2D eigenvalue weighted by atomic mass is 16.7. The van der Waals surface area contributed by atoms with Crippen molar-refractivity contribution in [2.75, 3.05) is 19.8 Å². The van der Waals surface area contributed by atoms with Gasteiger partial charge in [-0.15, -0.1) is 0 Å². The third-order valence-corrected chi connectivity index (χ3v) is 9.46. The number of allylic oxidation sites excluding steroid dienone is 18. The zero-order chi connectivity index (χ0) is 43.7. The van der Waals surface area contributed by atoms with Crippen LogP contribution in [0.25, 0.3) is 0 Å². The molecule has 1 rings (SSSR count). The molecule has 1 heterocycles. The van der Waals surface area contributed by atoms with E-state index in [1.807, 2.05) is 18.2 Å². The Morgan fingerprint density at radius 2 is 1.02 bits per heavy atom. The van der Waals surface area contributed by atoms with Crippen molar-refractivity contribution in [2.24, 2.45) is 0 Å². The molecule has 0 saturated carbocycles. The molecule has 0 aromatic heterocycles. The second-order valence-electron chi connectivity index (χ2n) is 14.8. The second kappa shape index (κ2) is 39.5. The highest BCUT2D eigenvalue weighted by Gasteiger charge is 2.44. The third-order valence-electron chi connectivity index (χ3n) is 9.46. The Balaban J connectivity index is 2.36. The fraction of sp³-hybridized carbons (Fsp3) is 0.600. The summed E-state index contributed by atoms with van der Waals surface area (Å²) in [7, 11) is 0. The van der Waals surface area contributed by atoms with Crippen molar-refractivity contribution in [3.8, 4) is 0 Å². The summed E-state index contributed by atoms with van der Waals surface area (Å²) in [5, 5.41) is 40.1. The van der Waals surface area contributed by atoms with Gasteiger partial charge in [-0.25, -0.2) is 0 Å². The molecule has 0 radical (unpaired) electrons. The van der Waals surface area contributed by atoms with E-state index in [-0.39, 0.29) is 26.1 Å². The van der Waals surface area contributed by atoms with Crippen molar-refractivity contribution in [3.63, 3.8) is 0 Å². The van der Waals surface area contributed by atoms with Gasteiger partial charge in [-0.05, 0) is 83.5 Å². The van der Waals surface area contributed by atoms with Crippen LogP contribution in [0.3, 0.4) is 0 Å². The number of carbonyl (C=O) groups is 2. The minimum atomic E-state index is -1.61. The largest absolute Gasteiger partial charge is 0.462 e. The third kappa shape index (κ3) is 30.4. The number of aliphatic hydroxyl groups is 4. The molecule has 3 unspecified atom stereocenters. The first-order chi connectivity index (χ1) is 29.3. The number of carbonyl (C=O) groups excluding carboxylic acids is 2. The Hall–Kier alpha value is -3.64. The molecule has 0 aromatic carbocycles. The summed E-state index contributed by atoms with van der Waals surface area (Å²) in [6.45, 7) is 3.09. The van der Waals surface area contributed by atoms with E-state index in [0.717, 1.165) is 96.3 Å². The molecular weight excluding hydrogens is 761 g/mol. The summed E-state index contributed by atoms with van der Waals surface area (Å²) < 4.78 is 22.1. The lowest BCUT2D eigenvalue weighted by Crippen LogP contribution is -2.59. The molecule has 0 aromatic rings. The van der Waals surface area contributed by atoms with Gasteiger partial charge >= 0.3 is 11.9 Å². The highest BCUT2D eigenvalue weighted by Crippen LogP contribution is 2.22. The lowest BCUT2D eigenvalue weighted by atomic mass is 9.99. The van der Waals surface area contributed by atoms with Crippen LogP contribution in [-0.4, -0.2) is 89.0 Å². The van der Waals surface area contributed by atoms with Gasteiger partial charge in [-0.2, -0.15) is 0 Å². The van der Waals surface area contributed by atoms with Crippen LogP contribution in [0.15, 0.2) is 109 Å². The minimum absolute atomic E-state index is 0.192. The van der Waals surface area contributed by atoms with E-state index in [1.54, 1.807) is 0 Å². The number of unbranched alkanes of at least 4 members (excludes halogenated alkanes) is 8. The van der Waals surface area contributed by atoms with E-state index < -0.39 is 55.4 Å². The Kier molecular flexibility index (Phi) is 35.8. The van der Waals surface area contributed by atoms with E-state index in [0.29, 0.717) is 12.8 Å². The minimum Gasteiger partial charge on any atom is -0.462 e. The van der Waals surface area contributed by atoms with Crippen molar-refractivity contribution >= 4 is 11.9 Å². The summed E-state index contributed by atoms with van der Waals surface area (Å²) >= 11 is 0. The zero-order valence-electron chi connectivity index (χ0n) is 36.7. The first kappa shape index (κ1) is 54.4. The average molecular weight is 839 g/mol. The average Bonchev–Trinajstić information content (AvgIpc) is 3.25. The summed E-state index contributed by atoms with van der Waals surface area (Å²) in [5.41, 5.74) is 0. The summed E-state index contributed by atoms with van der Waals surface area (Å²) in [4.78, 5) is 25.3. The molecule has 60 heavy (non-hydrogen) atoms. The smallest absolute Gasteiger partial charge is 0.306 e. The molecule has 10 nitrogen and oxygen atoms in total. The van der Waals surface area contributed by atoms with E-state index in [2.05, 4.69) is 105 Å². The maximum atomic E-state index is 12.7. The molecular formula is C50H78O10. The van der Waals surface area contributed by atoms with Gasteiger partial charge in [0.05, 0.1) is 13.2 Å². The predicted octanol–water partition coefficient (Wildman–Crippen LogP) is 9.72. The van der Waals surface area contributed by atoms with E-state index >= 15 is 0 Å². The Labute approximate surface area is 361 Å². The Morgan fingerprint density at radius 1 is 0.533 bits per heavy atom. The summed E-state index contributed by atoms with van der Waals surface area (Å²) in [6, 6.07) is 0. The van der Waals surface area contributed by atoms with Gasteiger partial charge in [0.1, 0.15) is 31.0 Å². The van der Waals surface area contributed by atoms with Gasteiger partial charge in [-0.1, -0.05) is 149 Å². The van der Waals surface area contributed by atoms with Crippen LogP contribution < -0.4 is 0 Å². The fourth-order valence-electron chi connectivity index (χ4n) is 5.95. The fourth-order valence-corrected chi connectivity index (χ4v) is 5.95. The van der Waals surface area contributed by atoms with Gasteiger partial charge in [0.25, 0.3) is 0 Å². The molecule has 4 N–H and O–H groups in total.